The highest BCUT2D eigenvalue weighted by Gasteiger charge is 2.35. The SMILES string of the molecule is O=C(N[C@H]1CN2CCC1CC2)c1ccc(-c2ccc(Nc3ccccc3)cc2)o1. The Balaban J connectivity index is 1.24. The van der Waals surface area contributed by atoms with Crippen molar-refractivity contribution in [3.8, 4) is 11.3 Å². The fourth-order valence-corrected chi connectivity index (χ4v) is 4.39. The summed E-state index contributed by atoms with van der Waals surface area (Å²) >= 11 is 0. The van der Waals surface area contributed by atoms with Crippen LogP contribution in [0.15, 0.2) is 71.1 Å². The second-order valence-electron chi connectivity index (χ2n) is 7.95. The fourth-order valence-electron chi connectivity index (χ4n) is 4.39. The minimum Gasteiger partial charge on any atom is -0.451 e. The molecule has 4 heterocycles. The van der Waals surface area contributed by atoms with Crippen LogP contribution in [0.2, 0.25) is 0 Å². The minimum absolute atomic E-state index is 0.114. The van der Waals surface area contributed by atoms with E-state index in [0.29, 0.717) is 17.4 Å². The van der Waals surface area contributed by atoms with Crippen LogP contribution >= 0.6 is 0 Å². The van der Waals surface area contributed by atoms with Gasteiger partial charge in [-0.25, -0.2) is 0 Å². The Morgan fingerprint density at radius 3 is 2.31 bits per heavy atom. The van der Waals surface area contributed by atoms with E-state index in [4.69, 9.17) is 4.42 Å². The third kappa shape index (κ3) is 3.91. The van der Waals surface area contributed by atoms with E-state index in [9.17, 15) is 4.79 Å². The molecule has 3 aliphatic heterocycles. The predicted molar refractivity (Wildman–Crippen MR) is 114 cm³/mol. The van der Waals surface area contributed by atoms with Crippen molar-refractivity contribution in [3.05, 3.63) is 72.5 Å². The summed E-state index contributed by atoms with van der Waals surface area (Å²) in [7, 11) is 0. The number of hydrogen-bond acceptors (Lipinski definition) is 4. The number of benzene rings is 2. The Morgan fingerprint density at radius 1 is 0.897 bits per heavy atom. The molecule has 5 nitrogen and oxygen atoms in total. The molecular weight excluding hydrogens is 362 g/mol. The lowest BCUT2D eigenvalue weighted by Crippen LogP contribution is -2.57. The van der Waals surface area contributed by atoms with Crippen molar-refractivity contribution in [2.24, 2.45) is 5.92 Å². The number of amides is 1. The molecule has 3 fully saturated rings. The van der Waals surface area contributed by atoms with Gasteiger partial charge >= 0.3 is 0 Å². The number of anilines is 2. The lowest BCUT2D eigenvalue weighted by molar-refractivity contribution is 0.0606. The molecule has 2 bridgehead atoms. The van der Waals surface area contributed by atoms with Crippen LogP contribution in [0.5, 0.6) is 0 Å². The largest absolute Gasteiger partial charge is 0.451 e. The molecule has 2 N–H and O–H groups in total. The molecule has 148 valence electrons. The van der Waals surface area contributed by atoms with Gasteiger partial charge in [-0.2, -0.15) is 0 Å². The molecule has 0 unspecified atom stereocenters. The van der Waals surface area contributed by atoms with Crippen LogP contribution in [0, 0.1) is 5.92 Å². The van der Waals surface area contributed by atoms with E-state index in [1.807, 2.05) is 60.7 Å². The first kappa shape index (κ1) is 18.0. The van der Waals surface area contributed by atoms with Gasteiger partial charge in [-0.05, 0) is 80.4 Å². The van der Waals surface area contributed by atoms with Gasteiger partial charge in [0.2, 0.25) is 0 Å². The highest BCUT2D eigenvalue weighted by Crippen LogP contribution is 2.29. The number of carbonyl (C=O) groups is 1. The maximum atomic E-state index is 12.7. The highest BCUT2D eigenvalue weighted by atomic mass is 16.3. The summed E-state index contributed by atoms with van der Waals surface area (Å²) in [6.07, 6.45) is 2.36. The topological polar surface area (TPSA) is 57.5 Å². The molecule has 3 aliphatic rings. The van der Waals surface area contributed by atoms with Gasteiger partial charge in [-0.15, -0.1) is 0 Å². The number of hydrogen-bond donors (Lipinski definition) is 2. The lowest BCUT2D eigenvalue weighted by atomic mass is 9.84. The molecule has 0 saturated carbocycles. The van der Waals surface area contributed by atoms with Crippen molar-refractivity contribution in [1.82, 2.24) is 10.2 Å². The standard InChI is InChI=1S/C24H25N3O2/c28-24(26-21-16-27-14-12-17(21)13-15-27)23-11-10-22(29-23)18-6-8-20(9-7-18)25-19-4-2-1-3-5-19/h1-11,17,21,25H,12-16H2,(H,26,28)/t21-/m0/s1. The highest BCUT2D eigenvalue weighted by molar-refractivity contribution is 5.92. The number of nitrogens with zero attached hydrogens (tertiary/aromatic N) is 1. The van der Waals surface area contributed by atoms with Crippen molar-refractivity contribution in [2.45, 2.75) is 18.9 Å². The van der Waals surface area contributed by atoms with Crippen LogP contribution in [0.3, 0.4) is 0 Å². The number of para-hydroxylation sites is 1. The van der Waals surface area contributed by atoms with Crippen molar-refractivity contribution in [2.75, 3.05) is 25.0 Å². The zero-order valence-corrected chi connectivity index (χ0v) is 16.3. The second-order valence-corrected chi connectivity index (χ2v) is 7.95. The zero-order chi connectivity index (χ0) is 19.6. The van der Waals surface area contributed by atoms with Gasteiger partial charge in [0.1, 0.15) is 5.76 Å². The lowest BCUT2D eigenvalue weighted by Gasteiger charge is -2.44. The summed E-state index contributed by atoms with van der Waals surface area (Å²) in [5.41, 5.74) is 3.00. The zero-order valence-electron chi connectivity index (χ0n) is 16.3. The molecule has 0 radical (unpaired) electrons. The quantitative estimate of drug-likeness (QED) is 0.676. The Bertz CT molecular complexity index is 973. The molecule has 1 aromatic heterocycles. The molecule has 0 spiro atoms. The van der Waals surface area contributed by atoms with Crippen molar-refractivity contribution < 1.29 is 9.21 Å². The molecule has 3 saturated heterocycles. The van der Waals surface area contributed by atoms with E-state index in [1.165, 1.54) is 12.8 Å². The first-order valence-electron chi connectivity index (χ1n) is 10.3. The number of piperidine rings is 3. The molecule has 1 atom stereocenters. The average Bonchev–Trinajstić information content (AvgIpc) is 3.26. The number of furan rings is 1. The molecule has 29 heavy (non-hydrogen) atoms. The number of fused-ring (bicyclic) bond motifs is 3. The van der Waals surface area contributed by atoms with Crippen molar-refractivity contribution in [1.29, 1.82) is 0 Å². The first-order valence-corrected chi connectivity index (χ1v) is 10.3. The van der Waals surface area contributed by atoms with Crippen LogP contribution in [-0.2, 0) is 0 Å². The monoisotopic (exact) mass is 387 g/mol. The van der Waals surface area contributed by atoms with Gasteiger partial charge in [0, 0.05) is 29.5 Å². The van der Waals surface area contributed by atoms with E-state index in [-0.39, 0.29) is 11.9 Å². The maximum Gasteiger partial charge on any atom is 0.287 e. The normalized spacial score (nSPS) is 23.0. The Labute approximate surface area is 170 Å². The second kappa shape index (κ2) is 7.76. The van der Waals surface area contributed by atoms with Crippen molar-refractivity contribution in [3.63, 3.8) is 0 Å². The van der Waals surface area contributed by atoms with Crippen LogP contribution in [0.4, 0.5) is 11.4 Å². The van der Waals surface area contributed by atoms with Gasteiger partial charge in [0.15, 0.2) is 5.76 Å². The molecule has 3 aromatic rings. The smallest absolute Gasteiger partial charge is 0.287 e. The molecule has 0 aliphatic carbocycles. The summed E-state index contributed by atoms with van der Waals surface area (Å²) in [6.45, 7) is 3.29. The van der Waals surface area contributed by atoms with E-state index < -0.39 is 0 Å². The molecule has 5 heteroatoms. The average molecular weight is 387 g/mol. The van der Waals surface area contributed by atoms with Crippen LogP contribution in [-0.4, -0.2) is 36.5 Å². The van der Waals surface area contributed by atoms with E-state index in [1.54, 1.807) is 6.07 Å². The summed E-state index contributed by atoms with van der Waals surface area (Å²) < 4.78 is 5.87. The van der Waals surface area contributed by atoms with Gasteiger partial charge in [0.05, 0.1) is 0 Å². The predicted octanol–water partition coefficient (Wildman–Crippen LogP) is 4.51. The van der Waals surface area contributed by atoms with Crippen LogP contribution in [0.1, 0.15) is 23.4 Å². The van der Waals surface area contributed by atoms with E-state index in [2.05, 4.69) is 15.5 Å². The van der Waals surface area contributed by atoms with Crippen LogP contribution in [0.25, 0.3) is 11.3 Å². The summed E-state index contributed by atoms with van der Waals surface area (Å²) in [4.78, 5) is 15.1. The van der Waals surface area contributed by atoms with E-state index in [0.717, 1.165) is 36.6 Å². The summed E-state index contributed by atoms with van der Waals surface area (Å²) in [6, 6.07) is 21.9. The number of carbonyl (C=O) groups excluding carboxylic acids is 1. The van der Waals surface area contributed by atoms with Crippen molar-refractivity contribution >= 4 is 17.3 Å². The third-order valence-electron chi connectivity index (χ3n) is 6.03. The third-order valence-corrected chi connectivity index (χ3v) is 6.03. The minimum atomic E-state index is -0.114. The number of nitrogens with one attached hydrogen (secondary N) is 2. The first-order chi connectivity index (χ1) is 14.2. The maximum absolute atomic E-state index is 12.7. The number of rotatable bonds is 5. The Hall–Kier alpha value is -3.05. The fraction of sp³-hybridized carbons (Fsp3) is 0.292. The Kier molecular flexibility index (Phi) is 4.82. The molecule has 6 rings (SSSR count). The van der Waals surface area contributed by atoms with Crippen LogP contribution < -0.4 is 10.6 Å². The summed E-state index contributed by atoms with van der Waals surface area (Å²) in [5.74, 6) is 1.57. The van der Waals surface area contributed by atoms with Gasteiger partial charge in [0.25, 0.3) is 5.91 Å². The van der Waals surface area contributed by atoms with E-state index >= 15 is 0 Å². The Morgan fingerprint density at radius 2 is 1.62 bits per heavy atom. The van der Waals surface area contributed by atoms with Gasteiger partial charge < -0.3 is 20.0 Å². The molecule has 2 aromatic carbocycles. The summed E-state index contributed by atoms with van der Waals surface area (Å²) in [5, 5.41) is 6.55. The molecule has 1 amide bonds. The van der Waals surface area contributed by atoms with Gasteiger partial charge in [-0.1, -0.05) is 18.2 Å². The van der Waals surface area contributed by atoms with Gasteiger partial charge in [-0.3, -0.25) is 4.79 Å². The molecular formula is C24H25N3O2.